The molecular formula is C10H13BrN2. The predicted molar refractivity (Wildman–Crippen MR) is 56.5 cm³/mol. The Kier molecular flexibility index (Phi) is 2.96. The molecule has 13 heavy (non-hydrogen) atoms. The van der Waals surface area contributed by atoms with E-state index in [0.717, 1.165) is 11.1 Å². The van der Waals surface area contributed by atoms with Crippen molar-refractivity contribution in [1.82, 2.24) is 10.3 Å². The van der Waals surface area contributed by atoms with E-state index in [1.165, 1.54) is 24.8 Å². The zero-order valence-electron chi connectivity index (χ0n) is 7.46. The van der Waals surface area contributed by atoms with Crippen molar-refractivity contribution < 1.29 is 0 Å². The molecule has 0 saturated carbocycles. The standard InChI is InChI=1S/C10H13BrN2/c11-10-5-4-8(7-13-10)9-3-1-2-6-12-9/h4-5,7,9,12H,1-3,6H2/t9-/m1/s1. The van der Waals surface area contributed by atoms with Crippen LogP contribution in [0.15, 0.2) is 22.9 Å². The van der Waals surface area contributed by atoms with Gasteiger partial charge in [0.15, 0.2) is 0 Å². The molecule has 2 heterocycles. The number of nitrogens with one attached hydrogen (secondary N) is 1. The number of nitrogens with zero attached hydrogens (tertiary/aromatic N) is 1. The molecule has 0 radical (unpaired) electrons. The number of hydrogen-bond acceptors (Lipinski definition) is 2. The molecule has 0 aromatic carbocycles. The maximum Gasteiger partial charge on any atom is 0.106 e. The Hall–Kier alpha value is -0.410. The van der Waals surface area contributed by atoms with Crippen LogP contribution in [0.5, 0.6) is 0 Å². The predicted octanol–water partition coefficient (Wildman–Crippen LogP) is 2.66. The highest BCUT2D eigenvalue weighted by atomic mass is 79.9. The number of pyridine rings is 1. The van der Waals surface area contributed by atoms with Crippen LogP contribution in [0, 0.1) is 0 Å². The van der Waals surface area contributed by atoms with Gasteiger partial charge in [0.1, 0.15) is 4.60 Å². The van der Waals surface area contributed by atoms with Crippen LogP contribution in [0.1, 0.15) is 30.9 Å². The summed E-state index contributed by atoms with van der Waals surface area (Å²) < 4.78 is 0.909. The van der Waals surface area contributed by atoms with E-state index in [9.17, 15) is 0 Å². The summed E-state index contributed by atoms with van der Waals surface area (Å²) in [6.45, 7) is 1.14. The van der Waals surface area contributed by atoms with E-state index >= 15 is 0 Å². The highest BCUT2D eigenvalue weighted by molar-refractivity contribution is 9.10. The number of halogens is 1. The molecule has 1 fully saturated rings. The van der Waals surface area contributed by atoms with E-state index in [0.29, 0.717) is 6.04 Å². The summed E-state index contributed by atoms with van der Waals surface area (Å²) in [4.78, 5) is 4.23. The van der Waals surface area contributed by atoms with Gasteiger partial charge in [-0.25, -0.2) is 4.98 Å². The minimum atomic E-state index is 0.523. The molecule has 1 aromatic heterocycles. The summed E-state index contributed by atoms with van der Waals surface area (Å²) in [5.74, 6) is 0. The first kappa shape index (κ1) is 9.16. The summed E-state index contributed by atoms with van der Waals surface area (Å²) >= 11 is 3.34. The smallest absolute Gasteiger partial charge is 0.106 e. The van der Waals surface area contributed by atoms with Gasteiger partial charge in [-0.3, -0.25) is 0 Å². The lowest BCUT2D eigenvalue weighted by Crippen LogP contribution is -2.26. The maximum atomic E-state index is 4.23. The van der Waals surface area contributed by atoms with Crippen molar-refractivity contribution in [2.24, 2.45) is 0 Å². The van der Waals surface area contributed by atoms with Gasteiger partial charge in [-0.15, -0.1) is 0 Å². The van der Waals surface area contributed by atoms with Crippen molar-refractivity contribution >= 4 is 15.9 Å². The zero-order valence-corrected chi connectivity index (χ0v) is 9.05. The van der Waals surface area contributed by atoms with Crippen molar-refractivity contribution in [3.05, 3.63) is 28.5 Å². The first-order valence-corrected chi connectivity index (χ1v) is 5.50. The topological polar surface area (TPSA) is 24.9 Å². The molecule has 1 N–H and O–H groups in total. The van der Waals surface area contributed by atoms with E-state index in [1.807, 2.05) is 12.3 Å². The van der Waals surface area contributed by atoms with Crippen molar-refractivity contribution in [2.75, 3.05) is 6.54 Å². The SMILES string of the molecule is Brc1ccc([C@H]2CCCCN2)cn1. The third-order valence-electron chi connectivity index (χ3n) is 2.46. The monoisotopic (exact) mass is 240 g/mol. The Bertz CT molecular complexity index is 265. The molecule has 0 amide bonds. The van der Waals surface area contributed by atoms with E-state index in [4.69, 9.17) is 0 Å². The van der Waals surface area contributed by atoms with Crippen LogP contribution in [-0.2, 0) is 0 Å². The molecule has 1 aliphatic rings. The molecule has 1 saturated heterocycles. The molecule has 0 unspecified atom stereocenters. The molecule has 3 heteroatoms. The third-order valence-corrected chi connectivity index (χ3v) is 2.93. The second-order valence-electron chi connectivity index (χ2n) is 3.42. The van der Waals surface area contributed by atoms with Crippen molar-refractivity contribution in [3.8, 4) is 0 Å². The van der Waals surface area contributed by atoms with Crippen LogP contribution >= 0.6 is 15.9 Å². The lowest BCUT2D eigenvalue weighted by Gasteiger charge is -2.23. The Morgan fingerprint density at radius 3 is 2.92 bits per heavy atom. The summed E-state index contributed by atoms with van der Waals surface area (Å²) in [7, 11) is 0. The number of hydrogen-bond donors (Lipinski definition) is 1. The lowest BCUT2D eigenvalue weighted by atomic mass is 9.99. The summed E-state index contributed by atoms with van der Waals surface area (Å²) in [5, 5.41) is 3.50. The number of piperidine rings is 1. The van der Waals surface area contributed by atoms with Crippen molar-refractivity contribution in [1.29, 1.82) is 0 Å². The van der Waals surface area contributed by atoms with Crippen LogP contribution in [0.3, 0.4) is 0 Å². The molecule has 0 bridgehead atoms. The molecule has 1 aliphatic heterocycles. The fourth-order valence-corrected chi connectivity index (χ4v) is 1.96. The van der Waals surface area contributed by atoms with E-state index in [1.54, 1.807) is 0 Å². The fraction of sp³-hybridized carbons (Fsp3) is 0.500. The number of rotatable bonds is 1. The molecule has 1 aromatic rings. The molecule has 0 spiro atoms. The number of aromatic nitrogens is 1. The molecular weight excluding hydrogens is 228 g/mol. The average molecular weight is 241 g/mol. The summed E-state index contributed by atoms with van der Waals surface area (Å²) in [6.07, 6.45) is 5.82. The van der Waals surface area contributed by atoms with E-state index < -0.39 is 0 Å². The van der Waals surface area contributed by atoms with Crippen molar-refractivity contribution in [2.45, 2.75) is 25.3 Å². The zero-order chi connectivity index (χ0) is 9.10. The Morgan fingerprint density at radius 1 is 1.38 bits per heavy atom. The molecule has 2 rings (SSSR count). The van der Waals surface area contributed by atoms with Crippen LogP contribution in [0.2, 0.25) is 0 Å². The van der Waals surface area contributed by atoms with Gasteiger partial charge in [-0.1, -0.05) is 12.5 Å². The summed E-state index contributed by atoms with van der Waals surface area (Å²) in [5.41, 5.74) is 1.31. The van der Waals surface area contributed by atoms with E-state index in [2.05, 4.69) is 32.3 Å². The first-order chi connectivity index (χ1) is 6.36. The molecule has 2 nitrogen and oxygen atoms in total. The van der Waals surface area contributed by atoms with Gasteiger partial charge in [0.05, 0.1) is 0 Å². The second kappa shape index (κ2) is 4.20. The van der Waals surface area contributed by atoms with Crippen LogP contribution < -0.4 is 5.32 Å². The summed E-state index contributed by atoms with van der Waals surface area (Å²) in [6, 6.07) is 4.67. The third kappa shape index (κ3) is 2.29. The van der Waals surface area contributed by atoms with E-state index in [-0.39, 0.29) is 0 Å². The van der Waals surface area contributed by atoms with Gasteiger partial charge >= 0.3 is 0 Å². The Labute approximate surface area is 86.9 Å². The van der Waals surface area contributed by atoms with Gasteiger partial charge in [0.2, 0.25) is 0 Å². The fourth-order valence-electron chi connectivity index (χ4n) is 1.73. The molecule has 0 aliphatic carbocycles. The molecule has 1 atom stereocenters. The Morgan fingerprint density at radius 2 is 2.31 bits per heavy atom. The normalized spacial score (nSPS) is 23.0. The highest BCUT2D eigenvalue weighted by Crippen LogP contribution is 2.22. The van der Waals surface area contributed by atoms with Gasteiger partial charge in [0, 0.05) is 12.2 Å². The maximum absolute atomic E-state index is 4.23. The van der Waals surface area contributed by atoms with Gasteiger partial charge in [0.25, 0.3) is 0 Å². The van der Waals surface area contributed by atoms with Gasteiger partial charge in [-0.2, -0.15) is 0 Å². The van der Waals surface area contributed by atoms with Gasteiger partial charge < -0.3 is 5.32 Å². The largest absolute Gasteiger partial charge is 0.310 e. The molecule has 70 valence electrons. The second-order valence-corrected chi connectivity index (χ2v) is 4.23. The quantitative estimate of drug-likeness (QED) is 0.764. The van der Waals surface area contributed by atoms with Gasteiger partial charge in [-0.05, 0) is 46.9 Å². The van der Waals surface area contributed by atoms with Crippen molar-refractivity contribution in [3.63, 3.8) is 0 Å². The highest BCUT2D eigenvalue weighted by Gasteiger charge is 2.14. The lowest BCUT2D eigenvalue weighted by molar-refractivity contribution is 0.411. The van der Waals surface area contributed by atoms with Crippen LogP contribution in [0.4, 0.5) is 0 Å². The first-order valence-electron chi connectivity index (χ1n) is 4.71. The average Bonchev–Trinajstić information content (AvgIpc) is 2.20. The minimum absolute atomic E-state index is 0.523. The Balaban J connectivity index is 2.10. The van der Waals surface area contributed by atoms with Crippen LogP contribution in [-0.4, -0.2) is 11.5 Å². The van der Waals surface area contributed by atoms with Crippen LogP contribution in [0.25, 0.3) is 0 Å². The minimum Gasteiger partial charge on any atom is -0.310 e.